The van der Waals surface area contributed by atoms with Crippen LogP contribution >= 0.6 is 11.6 Å². The standard InChI is InChI=1S/C16H14ClF7/c1-6-7(12(19)14(21)13(20)11(6)18)4-8-9(15(8,2)3)5-10(17)16(22,23)24/h5,8-9H,4H2,1-3H3. The first-order chi connectivity index (χ1) is 10.8. The van der Waals surface area contributed by atoms with E-state index in [4.69, 9.17) is 11.6 Å². The normalized spacial score (nSPS) is 23.5. The van der Waals surface area contributed by atoms with Crippen molar-refractivity contribution in [2.24, 2.45) is 17.3 Å². The summed E-state index contributed by atoms with van der Waals surface area (Å²) in [5, 5.41) is -1.29. The van der Waals surface area contributed by atoms with Crippen molar-refractivity contribution < 1.29 is 30.7 Å². The van der Waals surface area contributed by atoms with Gasteiger partial charge in [0.1, 0.15) is 5.03 Å². The molecule has 0 heterocycles. The van der Waals surface area contributed by atoms with Crippen LogP contribution in [0.3, 0.4) is 0 Å². The third kappa shape index (κ3) is 3.15. The Morgan fingerprint density at radius 2 is 1.54 bits per heavy atom. The predicted molar refractivity (Wildman–Crippen MR) is 75.5 cm³/mol. The molecule has 0 N–H and O–H groups in total. The molecule has 0 spiro atoms. The van der Waals surface area contributed by atoms with Gasteiger partial charge in [-0.2, -0.15) is 13.2 Å². The maximum absolute atomic E-state index is 13.9. The minimum atomic E-state index is -4.69. The third-order valence-corrected chi connectivity index (χ3v) is 5.13. The first kappa shape index (κ1) is 19.1. The topological polar surface area (TPSA) is 0 Å². The fourth-order valence-electron chi connectivity index (χ4n) is 3.01. The SMILES string of the molecule is Cc1c(F)c(F)c(F)c(F)c1CC1C(C=C(Cl)C(F)(F)F)C1(C)C. The van der Waals surface area contributed by atoms with Gasteiger partial charge in [0, 0.05) is 0 Å². The van der Waals surface area contributed by atoms with Gasteiger partial charge in [0.2, 0.25) is 0 Å². The lowest BCUT2D eigenvalue weighted by atomic mass is 9.98. The van der Waals surface area contributed by atoms with Gasteiger partial charge < -0.3 is 0 Å². The molecule has 0 aromatic heterocycles. The van der Waals surface area contributed by atoms with Gasteiger partial charge in [-0.15, -0.1) is 0 Å². The summed E-state index contributed by atoms with van der Waals surface area (Å²) < 4.78 is 91.6. The highest BCUT2D eigenvalue weighted by Crippen LogP contribution is 2.61. The lowest BCUT2D eigenvalue weighted by Gasteiger charge is -2.11. The molecule has 0 amide bonds. The quantitative estimate of drug-likeness (QED) is 0.343. The largest absolute Gasteiger partial charge is 0.426 e. The Hall–Kier alpha value is -1.24. The summed E-state index contributed by atoms with van der Waals surface area (Å²) in [4.78, 5) is 0. The van der Waals surface area contributed by atoms with Gasteiger partial charge in [0.25, 0.3) is 0 Å². The van der Waals surface area contributed by atoms with E-state index in [1.165, 1.54) is 0 Å². The zero-order valence-electron chi connectivity index (χ0n) is 13.0. The van der Waals surface area contributed by atoms with Crippen molar-refractivity contribution in [3.63, 3.8) is 0 Å². The second-order valence-electron chi connectivity index (χ2n) is 6.53. The first-order valence-electron chi connectivity index (χ1n) is 7.06. The van der Waals surface area contributed by atoms with Crippen molar-refractivity contribution in [2.75, 3.05) is 0 Å². The van der Waals surface area contributed by atoms with Gasteiger partial charge in [-0.1, -0.05) is 31.5 Å². The molecule has 2 rings (SSSR count). The Morgan fingerprint density at radius 3 is 2.04 bits per heavy atom. The van der Waals surface area contributed by atoms with E-state index in [9.17, 15) is 30.7 Å². The molecule has 0 aliphatic heterocycles. The molecule has 0 nitrogen and oxygen atoms in total. The van der Waals surface area contributed by atoms with Crippen LogP contribution in [0.15, 0.2) is 11.1 Å². The van der Waals surface area contributed by atoms with E-state index in [-0.39, 0.29) is 12.0 Å². The van der Waals surface area contributed by atoms with Crippen molar-refractivity contribution in [3.05, 3.63) is 45.5 Å². The zero-order chi connectivity index (χ0) is 18.6. The monoisotopic (exact) mass is 374 g/mol. The van der Waals surface area contributed by atoms with E-state index in [2.05, 4.69) is 0 Å². The Labute approximate surface area is 139 Å². The number of alkyl halides is 3. The second-order valence-corrected chi connectivity index (χ2v) is 6.94. The molecule has 1 aromatic rings. The minimum absolute atomic E-state index is 0.220. The number of rotatable bonds is 3. The maximum atomic E-state index is 13.9. The molecule has 0 bridgehead atoms. The summed E-state index contributed by atoms with van der Waals surface area (Å²) in [6, 6.07) is 0. The van der Waals surface area contributed by atoms with Crippen molar-refractivity contribution >= 4 is 11.6 Å². The van der Waals surface area contributed by atoms with Crippen molar-refractivity contribution in [1.82, 2.24) is 0 Å². The fourth-order valence-corrected chi connectivity index (χ4v) is 3.14. The van der Waals surface area contributed by atoms with Crippen LogP contribution in [0.1, 0.15) is 25.0 Å². The number of hydrogen-bond donors (Lipinski definition) is 0. The van der Waals surface area contributed by atoms with E-state index in [0.29, 0.717) is 0 Å². The van der Waals surface area contributed by atoms with E-state index in [1.807, 2.05) is 0 Å². The van der Waals surface area contributed by atoms with Crippen LogP contribution in [0.5, 0.6) is 0 Å². The van der Waals surface area contributed by atoms with Crippen LogP contribution in [0.25, 0.3) is 0 Å². The molecular formula is C16H14ClF7. The molecule has 0 saturated heterocycles. The molecule has 2 atom stereocenters. The van der Waals surface area contributed by atoms with Crippen LogP contribution in [-0.4, -0.2) is 6.18 Å². The fraction of sp³-hybridized carbons (Fsp3) is 0.500. The van der Waals surface area contributed by atoms with Crippen molar-refractivity contribution in [3.8, 4) is 0 Å². The highest BCUT2D eigenvalue weighted by molar-refractivity contribution is 6.30. The zero-order valence-corrected chi connectivity index (χ0v) is 13.7. The molecule has 1 aromatic carbocycles. The van der Waals surface area contributed by atoms with Gasteiger partial charge >= 0.3 is 6.18 Å². The molecule has 2 unspecified atom stereocenters. The molecule has 24 heavy (non-hydrogen) atoms. The summed E-state index contributed by atoms with van der Waals surface area (Å²) >= 11 is 5.21. The second kappa shape index (κ2) is 5.93. The van der Waals surface area contributed by atoms with Crippen molar-refractivity contribution in [1.29, 1.82) is 0 Å². The summed E-state index contributed by atoms with van der Waals surface area (Å²) in [5.74, 6) is -7.98. The van der Waals surface area contributed by atoms with Gasteiger partial charge in [-0.3, -0.25) is 0 Å². The van der Waals surface area contributed by atoms with E-state index in [0.717, 1.165) is 13.0 Å². The number of hydrogen-bond acceptors (Lipinski definition) is 0. The molecular weight excluding hydrogens is 361 g/mol. The smallest absolute Gasteiger partial charge is 0.203 e. The maximum Gasteiger partial charge on any atom is 0.426 e. The van der Waals surface area contributed by atoms with Crippen LogP contribution in [0.2, 0.25) is 0 Å². The van der Waals surface area contributed by atoms with Crippen molar-refractivity contribution in [2.45, 2.75) is 33.4 Å². The number of benzene rings is 1. The lowest BCUT2D eigenvalue weighted by molar-refractivity contribution is -0.0848. The average Bonchev–Trinajstić information content (AvgIpc) is 2.98. The van der Waals surface area contributed by atoms with Gasteiger partial charge in [0.15, 0.2) is 23.3 Å². The van der Waals surface area contributed by atoms with Crippen LogP contribution in [0.4, 0.5) is 30.7 Å². The molecule has 0 radical (unpaired) electrons. The summed E-state index contributed by atoms with van der Waals surface area (Å²) in [6.45, 7) is 4.38. The van der Waals surface area contributed by atoms with E-state index >= 15 is 0 Å². The molecule has 1 aliphatic rings. The minimum Gasteiger partial charge on any atom is -0.203 e. The highest BCUT2D eigenvalue weighted by Gasteiger charge is 2.57. The lowest BCUT2D eigenvalue weighted by Crippen LogP contribution is -2.08. The molecule has 1 aliphatic carbocycles. The third-order valence-electron chi connectivity index (χ3n) is 4.78. The van der Waals surface area contributed by atoms with Gasteiger partial charge in [0.05, 0.1) is 0 Å². The van der Waals surface area contributed by atoms with E-state index < -0.39 is 57.3 Å². The van der Waals surface area contributed by atoms with Crippen LogP contribution < -0.4 is 0 Å². The summed E-state index contributed by atoms with van der Waals surface area (Å²) in [7, 11) is 0. The molecule has 1 fully saturated rings. The summed E-state index contributed by atoms with van der Waals surface area (Å²) in [6.07, 6.45) is -4.09. The van der Waals surface area contributed by atoms with Gasteiger partial charge in [-0.25, -0.2) is 17.6 Å². The molecule has 1 saturated carbocycles. The van der Waals surface area contributed by atoms with Crippen LogP contribution in [0, 0.1) is 47.4 Å². The van der Waals surface area contributed by atoms with Gasteiger partial charge in [-0.05, 0) is 41.7 Å². The Morgan fingerprint density at radius 1 is 1.04 bits per heavy atom. The average molecular weight is 375 g/mol. The number of allylic oxidation sites excluding steroid dienone is 2. The number of halogens is 8. The first-order valence-corrected chi connectivity index (χ1v) is 7.43. The highest BCUT2D eigenvalue weighted by atomic mass is 35.5. The van der Waals surface area contributed by atoms with E-state index in [1.54, 1.807) is 13.8 Å². The Bertz CT molecular complexity index is 674. The molecule has 134 valence electrons. The van der Waals surface area contributed by atoms with Crippen LogP contribution in [-0.2, 0) is 6.42 Å². The Balaban J connectivity index is 2.34. The summed E-state index contributed by atoms with van der Waals surface area (Å²) in [5.41, 5.74) is -1.42. The molecule has 8 heteroatoms. The Kier molecular flexibility index (Phi) is 4.72. The predicted octanol–water partition coefficient (Wildman–Crippen LogP) is 6.05.